The fourth-order valence-electron chi connectivity index (χ4n) is 8.10. The van der Waals surface area contributed by atoms with Gasteiger partial charge in [-0.1, -0.05) is 244 Å². The molecule has 0 aliphatic rings. The van der Waals surface area contributed by atoms with Crippen molar-refractivity contribution in [3.05, 3.63) is 12.2 Å². The third kappa shape index (κ3) is 50.0. The first-order chi connectivity index (χ1) is 30.8. The molecule has 0 aromatic carbocycles. The monoisotopic (exact) mass is 914 g/mol. The van der Waals surface area contributed by atoms with Crippen molar-refractivity contribution < 1.29 is 37.6 Å². The molecule has 0 aliphatic carbocycles. The summed E-state index contributed by atoms with van der Waals surface area (Å²) in [6.07, 6.45) is 55.6. The molecule has 2 unspecified atom stereocenters. The first-order valence-electron chi connectivity index (χ1n) is 27.2. The SMILES string of the molecule is CCCCCCC/C=C\CCCCCCCC(=O)OC(COC(=O)CCCCCCCCCCCCCCCCCCCCCCCCCCCCCC)COP(=O)(O)OCCN. The lowest BCUT2D eigenvalue weighted by Crippen LogP contribution is -2.29. The number of phosphoric ester groups is 1. The summed E-state index contributed by atoms with van der Waals surface area (Å²) in [4.78, 5) is 35.0. The number of unbranched alkanes of at least 4 members (excludes halogenated alkanes) is 37. The minimum atomic E-state index is -4.38. The van der Waals surface area contributed by atoms with Crippen LogP contribution in [0.1, 0.15) is 284 Å². The number of allylic oxidation sites excluding steroid dienone is 2. The van der Waals surface area contributed by atoms with Crippen molar-refractivity contribution in [3.63, 3.8) is 0 Å². The van der Waals surface area contributed by atoms with Crippen LogP contribution in [0.5, 0.6) is 0 Å². The molecule has 0 heterocycles. The van der Waals surface area contributed by atoms with E-state index in [1.165, 1.54) is 199 Å². The van der Waals surface area contributed by atoms with E-state index in [0.717, 1.165) is 51.4 Å². The van der Waals surface area contributed by atoms with E-state index in [1.54, 1.807) is 0 Å². The van der Waals surface area contributed by atoms with Crippen LogP contribution in [0.4, 0.5) is 0 Å². The third-order valence-corrected chi connectivity index (χ3v) is 13.1. The summed E-state index contributed by atoms with van der Waals surface area (Å²) in [6, 6.07) is 0. The number of carbonyl (C=O) groups is 2. The second-order valence-electron chi connectivity index (χ2n) is 18.5. The number of carbonyl (C=O) groups excluding carboxylic acids is 2. The molecule has 0 fully saturated rings. The van der Waals surface area contributed by atoms with Crippen LogP contribution < -0.4 is 5.73 Å². The minimum Gasteiger partial charge on any atom is -0.462 e. The Bertz CT molecular complexity index is 1040. The van der Waals surface area contributed by atoms with Gasteiger partial charge in [0.1, 0.15) is 6.61 Å². The first-order valence-corrected chi connectivity index (χ1v) is 28.7. The Morgan fingerprint density at radius 1 is 0.460 bits per heavy atom. The van der Waals surface area contributed by atoms with Gasteiger partial charge in [-0.15, -0.1) is 0 Å². The molecule has 0 radical (unpaired) electrons. The van der Waals surface area contributed by atoms with Gasteiger partial charge in [0, 0.05) is 19.4 Å². The zero-order valence-corrected chi connectivity index (χ0v) is 42.5. The smallest absolute Gasteiger partial charge is 0.462 e. The fraction of sp³-hybridized carbons (Fsp3) is 0.925. The topological polar surface area (TPSA) is 134 Å². The molecule has 2 atom stereocenters. The summed E-state index contributed by atoms with van der Waals surface area (Å²) in [5.74, 6) is -0.822. The normalized spacial score (nSPS) is 13.1. The van der Waals surface area contributed by atoms with E-state index in [-0.39, 0.29) is 38.6 Å². The van der Waals surface area contributed by atoms with Crippen LogP contribution >= 0.6 is 7.82 Å². The van der Waals surface area contributed by atoms with Crippen LogP contribution in [-0.2, 0) is 32.7 Å². The lowest BCUT2D eigenvalue weighted by atomic mass is 10.0. The highest BCUT2D eigenvalue weighted by atomic mass is 31.2. The molecule has 63 heavy (non-hydrogen) atoms. The van der Waals surface area contributed by atoms with Crippen molar-refractivity contribution in [1.82, 2.24) is 0 Å². The van der Waals surface area contributed by atoms with Crippen LogP contribution in [-0.4, -0.2) is 49.3 Å². The number of phosphoric acid groups is 1. The number of hydrogen-bond donors (Lipinski definition) is 2. The van der Waals surface area contributed by atoms with Crippen LogP contribution in [0.25, 0.3) is 0 Å². The first kappa shape index (κ1) is 61.8. The second kappa shape index (κ2) is 50.2. The number of nitrogens with two attached hydrogens (primary N) is 1. The van der Waals surface area contributed by atoms with Gasteiger partial charge in [-0.05, 0) is 38.5 Å². The molecule has 0 aliphatic heterocycles. The van der Waals surface area contributed by atoms with Crippen molar-refractivity contribution in [1.29, 1.82) is 0 Å². The average Bonchev–Trinajstić information content (AvgIpc) is 3.27. The van der Waals surface area contributed by atoms with Gasteiger partial charge in [-0.3, -0.25) is 18.6 Å². The molecule has 0 bridgehead atoms. The molecule has 0 saturated heterocycles. The molecule has 0 amide bonds. The maximum atomic E-state index is 12.6. The van der Waals surface area contributed by atoms with Gasteiger partial charge in [0.25, 0.3) is 0 Å². The maximum absolute atomic E-state index is 12.6. The Balaban J connectivity index is 3.87. The van der Waals surface area contributed by atoms with E-state index in [2.05, 4.69) is 26.0 Å². The zero-order valence-electron chi connectivity index (χ0n) is 41.6. The second-order valence-corrected chi connectivity index (χ2v) is 19.9. The Morgan fingerprint density at radius 3 is 1.13 bits per heavy atom. The number of ether oxygens (including phenoxy) is 2. The zero-order chi connectivity index (χ0) is 46.0. The van der Waals surface area contributed by atoms with Crippen molar-refractivity contribution in [2.75, 3.05) is 26.4 Å². The summed E-state index contributed by atoms with van der Waals surface area (Å²) >= 11 is 0. The Morgan fingerprint density at radius 2 is 0.778 bits per heavy atom. The minimum absolute atomic E-state index is 0.0551. The van der Waals surface area contributed by atoms with Gasteiger partial charge >= 0.3 is 19.8 Å². The molecule has 0 spiro atoms. The lowest BCUT2D eigenvalue weighted by Gasteiger charge is -2.19. The van der Waals surface area contributed by atoms with Crippen LogP contribution in [0.2, 0.25) is 0 Å². The molecule has 0 saturated carbocycles. The van der Waals surface area contributed by atoms with Crippen molar-refractivity contribution in [2.24, 2.45) is 5.73 Å². The summed E-state index contributed by atoms with van der Waals surface area (Å²) in [6.45, 7) is 3.77. The van der Waals surface area contributed by atoms with Gasteiger partial charge in [-0.2, -0.15) is 0 Å². The Kier molecular flexibility index (Phi) is 49.2. The molecule has 9 nitrogen and oxygen atoms in total. The van der Waals surface area contributed by atoms with E-state index in [4.69, 9.17) is 24.3 Å². The van der Waals surface area contributed by atoms with Gasteiger partial charge in [0.2, 0.25) is 0 Å². The molecule has 0 rings (SSSR count). The summed E-state index contributed by atoms with van der Waals surface area (Å²) < 4.78 is 32.9. The van der Waals surface area contributed by atoms with E-state index >= 15 is 0 Å². The van der Waals surface area contributed by atoms with Crippen LogP contribution in [0, 0.1) is 0 Å². The van der Waals surface area contributed by atoms with Crippen LogP contribution in [0.15, 0.2) is 12.2 Å². The van der Waals surface area contributed by atoms with Gasteiger partial charge < -0.3 is 20.1 Å². The Hall–Kier alpha value is -1.25. The molecular weight excluding hydrogens is 810 g/mol. The number of hydrogen-bond acceptors (Lipinski definition) is 8. The Labute approximate surface area is 389 Å². The van der Waals surface area contributed by atoms with E-state index in [0.29, 0.717) is 6.42 Å². The standard InChI is InChI=1S/C53H104NO8P/c1-3-5-7-9-11-13-15-17-19-20-21-22-23-24-25-26-27-28-29-30-31-32-34-35-37-39-41-43-45-52(55)59-49-51(50-61-63(57,58)60-48-47-54)62-53(56)46-44-42-40-38-36-33-18-16-14-12-10-8-6-4-2/h16,18,51H,3-15,17,19-50,54H2,1-2H3,(H,57,58)/b18-16-. The van der Waals surface area contributed by atoms with E-state index in [1.807, 2.05) is 0 Å². The van der Waals surface area contributed by atoms with Gasteiger partial charge in [0.15, 0.2) is 6.10 Å². The highest BCUT2D eigenvalue weighted by Gasteiger charge is 2.26. The molecule has 3 N–H and O–H groups in total. The highest BCUT2D eigenvalue weighted by molar-refractivity contribution is 7.47. The fourth-order valence-corrected chi connectivity index (χ4v) is 8.87. The molecule has 374 valence electrons. The van der Waals surface area contributed by atoms with E-state index in [9.17, 15) is 19.0 Å². The molecular formula is C53H104NO8P. The van der Waals surface area contributed by atoms with Crippen molar-refractivity contribution in [3.8, 4) is 0 Å². The quantitative estimate of drug-likeness (QED) is 0.0265. The lowest BCUT2D eigenvalue weighted by molar-refractivity contribution is -0.161. The van der Waals surface area contributed by atoms with Crippen molar-refractivity contribution in [2.45, 2.75) is 290 Å². The predicted molar refractivity (Wildman–Crippen MR) is 266 cm³/mol. The summed E-state index contributed by atoms with van der Waals surface area (Å²) in [7, 11) is -4.38. The van der Waals surface area contributed by atoms with Gasteiger partial charge in [0.05, 0.1) is 13.2 Å². The number of esters is 2. The largest absolute Gasteiger partial charge is 0.472 e. The summed E-state index contributed by atoms with van der Waals surface area (Å²) in [5, 5.41) is 0. The van der Waals surface area contributed by atoms with Crippen LogP contribution in [0.3, 0.4) is 0 Å². The summed E-state index contributed by atoms with van der Waals surface area (Å²) in [5.41, 5.74) is 5.37. The molecule has 0 aromatic rings. The predicted octanol–water partition coefficient (Wildman–Crippen LogP) is 16.5. The number of rotatable bonds is 52. The third-order valence-electron chi connectivity index (χ3n) is 12.2. The molecule has 0 aromatic heterocycles. The average molecular weight is 914 g/mol. The highest BCUT2D eigenvalue weighted by Crippen LogP contribution is 2.43. The van der Waals surface area contributed by atoms with E-state index < -0.39 is 26.5 Å². The van der Waals surface area contributed by atoms with Crippen molar-refractivity contribution >= 4 is 19.8 Å². The molecule has 10 heteroatoms. The van der Waals surface area contributed by atoms with Gasteiger partial charge in [-0.25, -0.2) is 4.57 Å². The maximum Gasteiger partial charge on any atom is 0.472 e.